The Kier molecular flexibility index (Phi) is 6.03. The number of benzene rings is 1. The largest absolute Gasteiger partial charge is 0.487 e. The summed E-state index contributed by atoms with van der Waals surface area (Å²) in [6, 6.07) is 12.0. The Morgan fingerprint density at radius 2 is 2.00 bits per heavy atom. The van der Waals surface area contributed by atoms with Crippen LogP contribution in [0.1, 0.15) is 47.3 Å². The number of piperidine rings is 1. The minimum Gasteiger partial charge on any atom is -0.487 e. The van der Waals surface area contributed by atoms with E-state index in [1.807, 2.05) is 36.4 Å². The van der Waals surface area contributed by atoms with Crippen molar-refractivity contribution in [2.24, 2.45) is 11.7 Å². The lowest BCUT2D eigenvalue weighted by molar-refractivity contribution is 0.0877. The van der Waals surface area contributed by atoms with Crippen LogP contribution in [0.4, 0.5) is 0 Å². The Hall–Kier alpha value is -2.24. The van der Waals surface area contributed by atoms with Gasteiger partial charge in [-0.1, -0.05) is 6.07 Å². The first-order valence-electron chi connectivity index (χ1n) is 10.4. The molecular weight excluding hydrogens is 350 g/mol. The molecule has 0 saturated carbocycles. The van der Waals surface area contributed by atoms with Crippen molar-refractivity contribution in [2.75, 3.05) is 19.6 Å². The first-order valence-corrected chi connectivity index (χ1v) is 10.4. The van der Waals surface area contributed by atoms with Crippen LogP contribution in [0.3, 0.4) is 0 Å². The quantitative estimate of drug-likeness (QED) is 0.835. The number of aromatic nitrogens is 1. The fourth-order valence-corrected chi connectivity index (χ4v) is 4.22. The molecule has 0 radical (unpaired) electrons. The van der Waals surface area contributed by atoms with Gasteiger partial charge in [0, 0.05) is 23.7 Å². The lowest BCUT2D eigenvalue weighted by Crippen LogP contribution is -2.40. The van der Waals surface area contributed by atoms with E-state index in [0.717, 1.165) is 74.3 Å². The molecule has 1 saturated heterocycles. The second kappa shape index (κ2) is 8.84. The zero-order valence-corrected chi connectivity index (χ0v) is 16.3. The number of fused-ring (bicyclic) bond motifs is 1. The van der Waals surface area contributed by atoms with E-state index in [2.05, 4.69) is 9.88 Å². The van der Waals surface area contributed by atoms with Crippen molar-refractivity contribution in [1.82, 2.24) is 9.88 Å². The SMILES string of the molecule is NC1CCN(CCC2CCc3cc(OCc4ccccn4)ccc3C2=O)CC1. The summed E-state index contributed by atoms with van der Waals surface area (Å²) in [5.41, 5.74) is 8.87. The maximum Gasteiger partial charge on any atom is 0.166 e. The molecule has 28 heavy (non-hydrogen) atoms. The summed E-state index contributed by atoms with van der Waals surface area (Å²) in [5, 5.41) is 0. The highest BCUT2D eigenvalue weighted by Crippen LogP contribution is 2.31. The van der Waals surface area contributed by atoms with Gasteiger partial charge >= 0.3 is 0 Å². The van der Waals surface area contributed by atoms with Crippen LogP contribution in [0.5, 0.6) is 5.75 Å². The van der Waals surface area contributed by atoms with Crippen LogP contribution in [0.2, 0.25) is 0 Å². The third kappa shape index (κ3) is 4.59. The predicted molar refractivity (Wildman–Crippen MR) is 109 cm³/mol. The lowest BCUT2D eigenvalue weighted by atomic mass is 9.81. The van der Waals surface area contributed by atoms with E-state index in [0.29, 0.717) is 18.4 Å². The number of pyridine rings is 1. The first-order chi connectivity index (χ1) is 13.7. The molecule has 0 bridgehead atoms. The van der Waals surface area contributed by atoms with E-state index in [1.165, 1.54) is 0 Å². The van der Waals surface area contributed by atoms with Gasteiger partial charge in [-0.05, 0) is 87.6 Å². The third-order valence-corrected chi connectivity index (χ3v) is 6.01. The van der Waals surface area contributed by atoms with Gasteiger partial charge in [0.05, 0.1) is 5.69 Å². The van der Waals surface area contributed by atoms with Crippen LogP contribution in [0, 0.1) is 5.92 Å². The van der Waals surface area contributed by atoms with Crippen molar-refractivity contribution < 1.29 is 9.53 Å². The zero-order chi connectivity index (χ0) is 19.3. The monoisotopic (exact) mass is 379 g/mol. The normalized spacial score (nSPS) is 20.8. The molecular formula is C23H29N3O2. The number of ether oxygens (including phenoxy) is 1. The summed E-state index contributed by atoms with van der Waals surface area (Å²) in [4.78, 5) is 19.7. The molecule has 5 nitrogen and oxygen atoms in total. The topological polar surface area (TPSA) is 68.4 Å². The summed E-state index contributed by atoms with van der Waals surface area (Å²) in [6.45, 7) is 3.57. The molecule has 1 unspecified atom stereocenters. The van der Waals surface area contributed by atoms with Crippen molar-refractivity contribution in [1.29, 1.82) is 0 Å². The second-order valence-electron chi connectivity index (χ2n) is 8.00. The smallest absolute Gasteiger partial charge is 0.166 e. The van der Waals surface area contributed by atoms with Gasteiger partial charge in [0.25, 0.3) is 0 Å². The molecule has 1 fully saturated rings. The highest BCUT2D eigenvalue weighted by molar-refractivity contribution is 6.00. The van der Waals surface area contributed by atoms with E-state index in [4.69, 9.17) is 10.5 Å². The maximum atomic E-state index is 12.9. The number of likely N-dealkylation sites (tertiary alicyclic amines) is 1. The Morgan fingerprint density at radius 1 is 1.14 bits per heavy atom. The number of hydrogen-bond donors (Lipinski definition) is 1. The summed E-state index contributed by atoms with van der Waals surface area (Å²) in [6.07, 6.45) is 6.74. The minimum absolute atomic E-state index is 0.142. The highest BCUT2D eigenvalue weighted by atomic mass is 16.5. The lowest BCUT2D eigenvalue weighted by Gasteiger charge is -2.32. The number of carbonyl (C=O) groups is 1. The number of ketones is 1. The molecule has 5 heteroatoms. The number of nitrogens with zero attached hydrogens (tertiary/aromatic N) is 2. The molecule has 1 aliphatic heterocycles. The molecule has 1 aromatic carbocycles. The summed E-state index contributed by atoms with van der Waals surface area (Å²) in [7, 11) is 0. The maximum absolute atomic E-state index is 12.9. The van der Waals surface area contributed by atoms with Gasteiger partial charge in [0.1, 0.15) is 12.4 Å². The highest BCUT2D eigenvalue weighted by Gasteiger charge is 2.28. The molecule has 2 heterocycles. The van der Waals surface area contributed by atoms with E-state index >= 15 is 0 Å². The standard InChI is InChI=1S/C23H29N3O2/c24-19-9-13-26(14-10-19)12-8-17-4-5-18-15-21(6-7-22(18)23(17)27)28-16-20-3-1-2-11-25-20/h1-3,6-7,11,15,17,19H,4-5,8-10,12-14,16,24H2. The molecule has 1 aromatic heterocycles. The second-order valence-corrected chi connectivity index (χ2v) is 8.00. The van der Waals surface area contributed by atoms with Crippen molar-refractivity contribution in [3.05, 3.63) is 59.4 Å². The van der Waals surface area contributed by atoms with Gasteiger partial charge in [-0.15, -0.1) is 0 Å². The molecule has 2 N–H and O–H groups in total. The number of hydrogen-bond acceptors (Lipinski definition) is 5. The zero-order valence-electron chi connectivity index (χ0n) is 16.3. The third-order valence-electron chi connectivity index (χ3n) is 6.01. The van der Waals surface area contributed by atoms with Crippen molar-refractivity contribution in [3.63, 3.8) is 0 Å². The van der Waals surface area contributed by atoms with Crippen LogP contribution in [0.15, 0.2) is 42.6 Å². The Morgan fingerprint density at radius 3 is 2.79 bits per heavy atom. The van der Waals surface area contributed by atoms with Crippen LogP contribution in [-0.2, 0) is 13.0 Å². The number of aryl methyl sites for hydroxylation is 1. The Bertz CT molecular complexity index is 801. The van der Waals surface area contributed by atoms with E-state index < -0.39 is 0 Å². The van der Waals surface area contributed by atoms with E-state index in [9.17, 15) is 4.79 Å². The van der Waals surface area contributed by atoms with Gasteiger partial charge in [0.15, 0.2) is 5.78 Å². The van der Waals surface area contributed by atoms with E-state index in [-0.39, 0.29) is 5.92 Å². The Balaban J connectivity index is 1.33. The fraction of sp³-hybridized carbons (Fsp3) is 0.478. The molecule has 0 spiro atoms. The average molecular weight is 380 g/mol. The van der Waals surface area contributed by atoms with Gasteiger partial charge in [-0.2, -0.15) is 0 Å². The van der Waals surface area contributed by atoms with Crippen molar-refractivity contribution in [2.45, 2.75) is 44.8 Å². The molecule has 1 aliphatic carbocycles. The first kappa shape index (κ1) is 19.1. The van der Waals surface area contributed by atoms with Crippen LogP contribution in [-0.4, -0.2) is 41.3 Å². The number of carbonyl (C=O) groups excluding carboxylic acids is 1. The van der Waals surface area contributed by atoms with Crippen molar-refractivity contribution >= 4 is 5.78 Å². The minimum atomic E-state index is 0.142. The molecule has 1 atom stereocenters. The van der Waals surface area contributed by atoms with Gasteiger partial charge in [-0.25, -0.2) is 0 Å². The van der Waals surface area contributed by atoms with Crippen LogP contribution < -0.4 is 10.5 Å². The van der Waals surface area contributed by atoms with Crippen LogP contribution >= 0.6 is 0 Å². The van der Waals surface area contributed by atoms with Crippen molar-refractivity contribution in [3.8, 4) is 5.75 Å². The van der Waals surface area contributed by atoms with Gasteiger partial charge in [0.2, 0.25) is 0 Å². The number of Topliss-reactive ketones (excluding diaryl/α,β-unsaturated/α-hetero) is 1. The molecule has 0 amide bonds. The molecule has 4 rings (SSSR count). The summed E-state index contributed by atoms with van der Waals surface area (Å²) >= 11 is 0. The molecule has 2 aliphatic rings. The molecule has 2 aromatic rings. The van der Waals surface area contributed by atoms with Gasteiger partial charge in [-0.3, -0.25) is 9.78 Å². The number of nitrogens with two attached hydrogens (primary N) is 1. The average Bonchev–Trinajstić information content (AvgIpc) is 2.74. The van der Waals surface area contributed by atoms with E-state index in [1.54, 1.807) is 6.20 Å². The predicted octanol–water partition coefficient (Wildman–Crippen LogP) is 3.22. The summed E-state index contributed by atoms with van der Waals surface area (Å²) in [5.74, 6) is 1.25. The van der Waals surface area contributed by atoms with Gasteiger partial charge < -0.3 is 15.4 Å². The summed E-state index contributed by atoms with van der Waals surface area (Å²) < 4.78 is 5.87. The number of rotatable bonds is 6. The van der Waals surface area contributed by atoms with Crippen LogP contribution in [0.25, 0.3) is 0 Å². The Labute approximate surface area is 166 Å². The molecule has 148 valence electrons. The fourth-order valence-electron chi connectivity index (χ4n) is 4.22.